The Balaban J connectivity index is 2.30. The van der Waals surface area contributed by atoms with Crippen LogP contribution in [0.5, 0.6) is 5.75 Å². The molecule has 7 nitrogen and oxygen atoms in total. The highest BCUT2D eigenvalue weighted by atomic mass is 32.2. The van der Waals surface area contributed by atoms with Gasteiger partial charge in [0.05, 0.1) is 18.1 Å². The Bertz CT molecular complexity index is 689. The summed E-state index contributed by atoms with van der Waals surface area (Å²) in [5.41, 5.74) is -0.208. The van der Waals surface area contributed by atoms with Crippen molar-refractivity contribution in [3.63, 3.8) is 0 Å². The van der Waals surface area contributed by atoms with Gasteiger partial charge < -0.3 is 4.74 Å². The van der Waals surface area contributed by atoms with Crippen molar-refractivity contribution in [1.82, 2.24) is 4.72 Å². The lowest BCUT2D eigenvalue weighted by molar-refractivity contribution is -0.385. The second-order valence-electron chi connectivity index (χ2n) is 6.09. The Morgan fingerprint density at radius 1 is 1.30 bits per heavy atom. The fraction of sp³-hybridized carbons (Fsp3) is 0.600. The number of nitro groups is 1. The number of hydrogen-bond donors (Lipinski definition) is 1. The quantitative estimate of drug-likeness (QED) is 0.655. The van der Waals surface area contributed by atoms with Gasteiger partial charge in [-0.15, -0.1) is 0 Å². The first-order chi connectivity index (χ1) is 10.8. The van der Waals surface area contributed by atoms with Crippen LogP contribution in [0, 0.1) is 22.0 Å². The second-order valence-corrected chi connectivity index (χ2v) is 7.77. The molecule has 0 amide bonds. The summed E-state index contributed by atoms with van der Waals surface area (Å²) in [6.07, 6.45) is 2.87. The molecular weight excluding hydrogens is 320 g/mol. The summed E-state index contributed by atoms with van der Waals surface area (Å²) in [6, 6.07) is 3.38. The SMILES string of the molecule is COc1cc([N+](=O)[O-])ccc1S(=O)(=O)N[C@@H]1CCC[C@@H](C)[C@H]1C. The molecule has 8 heteroatoms. The average molecular weight is 342 g/mol. The standard InChI is InChI=1S/C15H22N2O5S/c1-10-5-4-6-13(11(10)2)16-23(20,21)15-8-7-12(17(18)19)9-14(15)22-3/h7-11,13,16H,4-6H2,1-3H3/t10-,11-,13-/m1/s1. The largest absolute Gasteiger partial charge is 0.495 e. The highest BCUT2D eigenvalue weighted by Crippen LogP contribution is 2.32. The molecule has 1 aliphatic rings. The molecule has 1 N–H and O–H groups in total. The lowest BCUT2D eigenvalue weighted by atomic mass is 9.78. The Hall–Kier alpha value is -1.67. The number of methoxy groups -OCH3 is 1. The van der Waals surface area contributed by atoms with Crippen LogP contribution in [-0.2, 0) is 10.0 Å². The number of ether oxygens (including phenoxy) is 1. The molecule has 0 heterocycles. The molecule has 0 saturated heterocycles. The van der Waals surface area contributed by atoms with Crippen molar-refractivity contribution in [2.45, 2.75) is 44.0 Å². The Morgan fingerprint density at radius 2 is 2.00 bits per heavy atom. The highest BCUT2D eigenvalue weighted by molar-refractivity contribution is 7.89. The van der Waals surface area contributed by atoms with Crippen molar-refractivity contribution < 1.29 is 18.1 Å². The summed E-state index contributed by atoms with van der Waals surface area (Å²) in [5.74, 6) is 0.668. The molecule has 0 unspecified atom stereocenters. The van der Waals surface area contributed by atoms with Gasteiger partial charge in [-0.25, -0.2) is 13.1 Å². The third-order valence-electron chi connectivity index (χ3n) is 4.66. The molecule has 1 saturated carbocycles. The average Bonchev–Trinajstić information content (AvgIpc) is 2.51. The van der Waals surface area contributed by atoms with Gasteiger partial charge in [-0.1, -0.05) is 26.7 Å². The van der Waals surface area contributed by atoms with Crippen LogP contribution < -0.4 is 9.46 Å². The smallest absolute Gasteiger partial charge is 0.273 e. The summed E-state index contributed by atoms with van der Waals surface area (Å²) in [7, 11) is -2.50. The molecule has 0 radical (unpaired) electrons. The van der Waals surface area contributed by atoms with Gasteiger partial charge in [0.2, 0.25) is 10.0 Å². The number of nitro benzene ring substituents is 1. The molecule has 0 bridgehead atoms. The van der Waals surface area contributed by atoms with Crippen molar-refractivity contribution in [2.75, 3.05) is 7.11 Å². The number of nitrogens with zero attached hydrogens (tertiary/aromatic N) is 1. The molecule has 1 aliphatic carbocycles. The number of benzene rings is 1. The molecule has 23 heavy (non-hydrogen) atoms. The van der Waals surface area contributed by atoms with Crippen LogP contribution in [0.3, 0.4) is 0 Å². The molecular formula is C15H22N2O5S. The number of rotatable bonds is 5. The predicted molar refractivity (Wildman–Crippen MR) is 85.9 cm³/mol. The summed E-state index contributed by atoms with van der Waals surface area (Å²) in [5, 5.41) is 10.8. The normalized spacial score (nSPS) is 25.1. The van der Waals surface area contributed by atoms with Gasteiger partial charge in [0.1, 0.15) is 10.6 Å². The third kappa shape index (κ3) is 3.81. The van der Waals surface area contributed by atoms with Gasteiger partial charge in [0.25, 0.3) is 5.69 Å². The predicted octanol–water partition coefficient (Wildman–Crippen LogP) is 2.71. The van der Waals surface area contributed by atoms with E-state index < -0.39 is 14.9 Å². The van der Waals surface area contributed by atoms with E-state index in [1.807, 2.05) is 6.92 Å². The molecule has 0 spiro atoms. The molecule has 1 aromatic rings. The van der Waals surface area contributed by atoms with Gasteiger partial charge >= 0.3 is 0 Å². The lowest BCUT2D eigenvalue weighted by Gasteiger charge is -2.34. The zero-order valence-corrected chi connectivity index (χ0v) is 14.3. The van der Waals surface area contributed by atoms with Crippen LogP contribution in [0.4, 0.5) is 5.69 Å². The van der Waals surface area contributed by atoms with Crippen molar-refractivity contribution in [2.24, 2.45) is 11.8 Å². The molecule has 0 aromatic heterocycles. The Morgan fingerprint density at radius 3 is 2.61 bits per heavy atom. The Kier molecular flexibility index (Phi) is 5.26. The van der Waals surface area contributed by atoms with Crippen LogP contribution in [0.15, 0.2) is 23.1 Å². The number of nitrogens with one attached hydrogen (secondary N) is 1. The molecule has 1 aromatic carbocycles. The number of non-ortho nitro benzene ring substituents is 1. The summed E-state index contributed by atoms with van der Waals surface area (Å²) in [6.45, 7) is 4.17. The van der Waals surface area contributed by atoms with Crippen molar-refractivity contribution in [1.29, 1.82) is 0 Å². The first-order valence-electron chi connectivity index (χ1n) is 7.61. The van der Waals surface area contributed by atoms with E-state index in [9.17, 15) is 18.5 Å². The minimum atomic E-state index is -3.80. The van der Waals surface area contributed by atoms with Gasteiger partial charge in [-0.3, -0.25) is 10.1 Å². The monoisotopic (exact) mass is 342 g/mol. The molecule has 128 valence electrons. The third-order valence-corrected chi connectivity index (χ3v) is 6.19. The van der Waals surface area contributed by atoms with Crippen molar-refractivity contribution in [3.05, 3.63) is 28.3 Å². The number of hydrogen-bond acceptors (Lipinski definition) is 5. The molecule has 0 aliphatic heterocycles. The van der Waals surface area contributed by atoms with Crippen molar-refractivity contribution >= 4 is 15.7 Å². The van der Waals surface area contributed by atoms with E-state index in [0.29, 0.717) is 5.92 Å². The van der Waals surface area contributed by atoms with Crippen LogP contribution in [0.2, 0.25) is 0 Å². The zero-order valence-electron chi connectivity index (χ0n) is 13.5. The van der Waals surface area contributed by atoms with Gasteiger partial charge in [0.15, 0.2) is 0 Å². The topological polar surface area (TPSA) is 98.5 Å². The molecule has 2 rings (SSSR count). The zero-order chi connectivity index (χ0) is 17.2. The number of sulfonamides is 1. The first kappa shape index (κ1) is 17.7. The van der Waals surface area contributed by atoms with E-state index >= 15 is 0 Å². The van der Waals surface area contributed by atoms with Gasteiger partial charge in [-0.05, 0) is 24.3 Å². The Labute approximate surface area is 136 Å². The summed E-state index contributed by atoms with van der Waals surface area (Å²) >= 11 is 0. The minimum absolute atomic E-state index is 0.0248. The van der Waals surface area contributed by atoms with E-state index in [4.69, 9.17) is 4.74 Å². The van der Waals surface area contributed by atoms with E-state index in [1.165, 1.54) is 19.2 Å². The minimum Gasteiger partial charge on any atom is -0.495 e. The second kappa shape index (κ2) is 6.84. The highest BCUT2D eigenvalue weighted by Gasteiger charge is 2.32. The van der Waals surface area contributed by atoms with Crippen LogP contribution >= 0.6 is 0 Å². The summed E-state index contributed by atoms with van der Waals surface area (Å²) in [4.78, 5) is 10.2. The lowest BCUT2D eigenvalue weighted by Crippen LogP contribution is -2.43. The maximum absolute atomic E-state index is 12.7. The maximum atomic E-state index is 12.7. The van der Waals surface area contributed by atoms with Crippen LogP contribution in [0.1, 0.15) is 33.1 Å². The fourth-order valence-corrected chi connectivity index (χ4v) is 4.52. The van der Waals surface area contributed by atoms with Gasteiger partial charge in [0, 0.05) is 12.1 Å². The van der Waals surface area contributed by atoms with E-state index in [0.717, 1.165) is 25.3 Å². The molecule has 1 fully saturated rings. The van der Waals surface area contributed by atoms with E-state index in [2.05, 4.69) is 11.6 Å². The first-order valence-corrected chi connectivity index (χ1v) is 9.09. The van der Waals surface area contributed by atoms with E-state index in [-0.39, 0.29) is 28.3 Å². The van der Waals surface area contributed by atoms with E-state index in [1.54, 1.807) is 0 Å². The van der Waals surface area contributed by atoms with Crippen molar-refractivity contribution in [3.8, 4) is 5.75 Å². The van der Waals surface area contributed by atoms with Crippen LogP contribution in [-0.4, -0.2) is 26.5 Å². The fourth-order valence-electron chi connectivity index (χ4n) is 3.00. The maximum Gasteiger partial charge on any atom is 0.273 e. The van der Waals surface area contributed by atoms with Gasteiger partial charge in [-0.2, -0.15) is 0 Å². The van der Waals surface area contributed by atoms with Crippen LogP contribution in [0.25, 0.3) is 0 Å². The molecule has 3 atom stereocenters. The summed E-state index contributed by atoms with van der Waals surface area (Å²) < 4.78 is 33.1.